The molecule has 1 saturated carbocycles. The topological polar surface area (TPSA) is 76.7 Å². The molecule has 7 heteroatoms. The Hall–Kier alpha value is -1.50. The lowest BCUT2D eigenvalue weighted by molar-refractivity contribution is 0.379. The number of nitrogens with zero attached hydrogens (tertiary/aromatic N) is 4. The minimum absolute atomic E-state index is 0.500. The lowest BCUT2D eigenvalue weighted by Gasteiger charge is -1.94. The molecular formula is C9H11N5OS. The highest BCUT2D eigenvalue weighted by Gasteiger charge is 2.27. The Balaban J connectivity index is 1.61. The molecule has 0 aromatic carbocycles. The van der Waals surface area contributed by atoms with Crippen LogP contribution >= 0.6 is 11.5 Å². The van der Waals surface area contributed by atoms with Crippen molar-refractivity contribution in [3.8, 4) is 0 Å². The van der Waals surface area contributed by atoms with E-state index in [1.807, 2.05) is 0 Å². The van der Waals surface area contributed by atoms with Gasteiger partial charge in [-0.3, -0.25) is 0 Å². The van der Waals surface area contributed by atoms with Gasteiger partial charge in [0, 0.05) is 17.5 Å². The van der Waals surface area contributed by atoms with E-state index in [4.69, 9.17) is 4.52 Å². The van der Waals surface area contributed by atoms with E-state index < -0.39 is 0 Å². The van der Waals surface area contributed by atoms with Gasteiger partial charge in [-0.1, -0.05) is 5.16 Å². The molecule has 0 spiro atoms. The summed E-state index contributed by atoms with van der Waals surface area (Å²) in [6.07, 6.45) is 2.44. The standard InChI is InChI=1S/C9H11N5OS/c1-5-11-7(15-13-5)4-10-9-12-8(14-16-9)6-2-3-6/h6H,2-4H2,1H3,(H,10,12,14). The molecule has 2 aromatic rings. The highest BCUT2D eigenvalue weighted by molar-refractivity contribution is 7.09. The van der Waals surface area contributed by atoms with Gasteiger partial charge in [0.25, 0.3) is 0 Å². The van der Waals surface area contributed by atoms with Crippen LogP contribution in [0.1, 0.15) is 36.3 Å². The number of anilines is 1. The monoisotopic (exact) mass is 237 g/mol. The average molecular weight is 237 g/mol. The maximum atomic E-state index is 4.99. The highest BCUT2D eigenvalue weighted by Crippen LogP contribution is 2.39. The van der Waals surface area contributed by atoms with Crippen molar-refractivity contribution in [1.82, 2.24) is 19.5 Å². The Kier molecular flexibility index (Phi) is 2.32. The summed E-state index contributed by atoms with van der Waals surface area (Å²) < 4.78 is 9.28. The summed E-state index contributed by atoms with van der Waals surface area (Å²) in [5.74, 6) is 2.78. The summed E-state index contributed by atoms with van der Waals surface area (Å²) in [5.41, 5.74) is 0. The zero-order valence-corrected chi connectivity index (χ0v) is 9.62. The minimum Gasteiger partial charge on any atom is -0.351 e. The summed E-state index contributed by atoms with van der Waals surface area (Å²) in [7, 11) is 0. The number of rotatable bonds is 4. The van der Waals surface area contributed by atoms with Gasteiger partial charge in [-0.05, 0) is 19.8 Å². The summed E-state index contributed by atoms with van der Waals surface area (Å²) in [6, 6.07) is 0. The molecule has 1 N–H and O–H groups in total. The van der Waals surface area contributed by atoms with Crippen molar-refractivity contribution in [1.29, 1.82) is 0 Å². The molecule has 0 bridgehead atoms. The number of aryl methyl sites for hydroxylation is 1. The van der Waals surface area contributed by atoms with E-state index in [2.05, 4.69) is 24.8 Å². The zero-order valence-electron chi connectivity index (χ0n) is 8.80. The molecule has 16 heavy (non-hydrogen) atoms. The Bertz CT molecular complexity index is 490. The molecule has 1 aliphatic rings. The molecule has 1 fully saturated rings. The third kappa shape index (κ3) is 2.04. The quantitative estimate of drug-likeness (QED) is 0.872. The zero-order chi connectivity index (χ0) is 11.0. The Morgan fingerprint density at radius 3 is 3.00 bits per heavy atom. The van der Waals surface area contributed by atoms with E-state index in [-0.39, 0.29) is 0 Å². The Morgan fingerprint density at radius 2 is 2.31 bits per heavy atom. The molecule has 0 unspecified atom stereocenters. The second kappa shape index (κ2) is 3.82. The van der Waals surface area contributed by atoms with Gasteiger partial charge < -0.3 is 9.84 Å². The highest BCUT2D eigenvalue weighted by atomic mass is 32.1. The smallest absolute Gasteiger partial charge is 0.246 e. The first-order chi connectivity index (χ1) is 7.81. The SMILES string of the molecule is Cc1noc(CNc2nc(C3CC3)ns2)n1. The maximum absolute atomic E-state index is 4.99. The normalized spacial score (nSPS) is 15.3. The second-order valence-electron chi connectivity index (χ2n) is 3.82. The van der Waals surface area contributed by atoms with E-state index in [0.29, 0.717) is 24.2 Å². The van der Waals surface area contributed by atoms with Crippen LogP contribution in [0.2, 0.25) is 0 Å². The first-order valence-electron chi connectivity index (χ1n) is 5.18. The molecule has 3 rings (SSSR count). The molecule has 6 nitrogen and oxygen atoms in total. The predicted molar refractivity (Wildman–Crippen MR) is 58.2 cm³/mol. The van der Waals surface area contributed by atoms with Gasteiger partial charge in [-0.2, -0.15) is 9.36 Å². The van der Waals surface area contributed by atoms with Gasteiger partial charge in [0.15, 0.2) is 5.82 Å². The van der Waals surface area contributed by atoms with Crippen LogP contribution in [0.25, 0.3) is 0 Å². The van der Waals surface area contributed by atoms with Crippen LogP contribution in [0.4, 0.5) is 5.13 Å². The van der Waals surface area contributed by atoms with Crippen molar-refractivity contribution in [2.24, 2.45) is 0 Å². The fourth-order valence-corrected chi connectivity index (χ4v) is 2.02. The van der Waals surface area contributed by atoms with Gasteiger partial charge in [-0.15, -0.1) is 0 Å². The van der Waals surface area contributed by atoms with E-state index in [1.54, 1.807) is 6.92 Å². The van der Waals surface area contributed by atoms with E-state index in [1.165, 1.54) is 24.4 Å². The van der Waals surface area contributed by atoms with Crippen LogP contribution in [0.3, 0.4) is 0 Å². The fraction of sp³-hybridized carbons (Fsp3) is 0.556. The Labute approximate surface area is 96.3 Å². The number of nitrogens with one attached hydrogen (secondary N) is 1. The second-order valence-corrected chi connectivity index (χ2v) is 4.57. The van der Waals surface area contributed by atoms with Crippen molar-refractivity contribution in [3.63, 3.8) is 0 Å². The molecule has 0 radical (unpaired) electrons. The van der Waals surface area contributed by atoms with Crippen LogP contribution in [0.5, 0.6) is 0 Å². The van der Waals surface area contributed by atoms with Crippen LogP contribution in [0.15, 0.2) is 4.52 Å². The van der Waals surface area contributed by atoms with Crippen LogP contribution in [-0.2, 0) is 6.54 Å². The summed E-state index contributed by atoms with van der Waals surface area (Å²) in [6.45, 7) is 2.29. The molecule has 0 aliphatic heterocycles. The molecule has 0 amide bonds. The lowest BCUT2D eigenvalue weighted by Crippen LogP contribution is -1.99. The van der Waals surface area contributed by atoms with Gasteiger partial charge in [0.2, 0.25) is 11.0 Å². The third-order valence-corrected chi connectivity index (χ3v) is 3.03. The van der Waals surface area contributed by atoms with E-state index in [9.17, 15) is 0 Å². The summed E-state index contributed by atoms with van der Waals surface area (Å²) in [4.78, 5) is 8.50. The minimum atomic E-state index is 0.500. The predicted octanol–water partition coefficient (Wildman–Crippen LogP) is 1.72. The van der Waals surface area contributed by atoms with Crippen LogP contribution in [0, 0.1) is 6.92 Å². The largest absolute Gasteiger partial charge is 0.351 e. The van der Waals surface area contributed by atoms with Gasteiger partial charge in [0.1, 0.15) is 5.82 Å². The molecule has 0 saturated heterocycles. The van der Waals surface area contributed by atoms with Crippen molar-refractivity contribution in [2.45, 2.75) is 32.2 Å². The molecule has 1 aliphatic carbocycles. The number of aromatic nitrogens is 4. The van der Waals surface area contributed by atoms with Gasteiger partial charge >= 0.3 is 0 Å². The Morgan fingerprint density at radius 1 is 1.44 bits per heavy atom. The van der Waals surface area contributed by atoms with Crippen molar-refractivity contribution in [2.75, 3.05) is 5.32 Å². The van der Waals surface area contributed by atoms with Gasteiger partial charge in [-0.25, -0.2) is 4.98 Å². The molecule has 84 valence electrons. The number of hydrogen-bond donors (Lipinski definition) is 1. The van der Waals surface area contributed by atoms with Crippen molar-refractivity contribution < 1.29 is 4.52 Å². The number of hydrogen-bond acceptors (Lipinski definition) is 7. The third-order valence-electron chi connectivity index (χ3n) is 2.34. The van der Waals surface area contributed by atoms with Crippen LogP contribution < -0.4 is 5.32 Å². The first-order valence-corrected chi connectivity index (χ1v) is 5.95. The average Bonchev–Trinajstić information content (AvgIpc) is 2.87. The van der Waals surface area contributed by atoms with E-state index >= 15 is 0 Å². The van der Waals surface area contributed by atoms with Crippen molar-refractivity contribution in [3.05, 3.63) is 17.5 Å². The molecule has 2 aromatic heterocycles. The molecule has 0 atom stereocenters. The molecule has 2 heterocycles. The molecular weight excluding hydrogens is 226 g/mol. The maximum Gasteiger partial charge on any atom is 0.246 e. The van der Waals surface area contributed by atoms with Gasteiger partial charge in [0.05, 0.1) is 6.54 Å². The van der Waals surface area contributed by atoms with E-state index in [0.717, 1.165) is 11.0 Å². The summed E-state index contributed by atoms with van der Waals surface area (Å²) >= 11 is 1.38. The van der Waals surface area contributed by atoms with Crippen molar-refractivity contribution >= 4 is 16.7 Å². The summed E-state index contributed by atoms with van der Waals surface area (Å²) in [5, 5.41) is 7.66. The fourth-order valence-electron chi connectivity index (χ4n) is 1.38. The first kappa shape index (κ1) is 9.71. The lowest BCUT2D eigenvalue weighted by atomic mass is 10.4. The van der Waals surface area contributed by atoms with Crippen LogP contribution in [-0.4, -0.2) is 19.5 Å².